The van der Waals surface area contributed by atoms with Crippen molar-refractivity contribution in [1.29, 1.82) is 0 Å². The minimum absolute atomic E-state index is 0.0584. The minimum Gasteiger partial charge on any atom is -0.273 e. The maximum absolute atomic E-state index is 12.7. The fraction of sp³-hybridized carbons (Fsp3) is 0.542. The molecule has 2 aromatic rings. The second kappa shape index (κ2) is 7.80. The number of nitrogens with zero attached hydrogens (tertiary/aromatic N) is 1. The number of hydrogen-bond acceptors (Lipinski definition) is 4. The molecule has 4 aliphatic rings. The molecule has 158 valence electrons. The topological polar surface area (TPSA) is 71.1 Å². The summed E-state index contributed by atoms with van der Waals surface area (Å²) in [7, 11) is 0. The largest absolute Gasteiger partial charge is 0.281 e. The van der Waals surface area contributed by atoms with Crippen LogP contribution >= 0.6 is 11.3 Å². The Balaban J connectivity index is 1.17. The summed E-state index contributed by atoms with van der Waals surface area (Å²) in [6, 6.07) is 10.1. The number of aromatic nitrogens is 1. The van der Waals surface area contributed by atoms with Gasteiger partial charge >= 0.3 is 0 Å². The Labute approximate surface area is 181 Å². The Bertz CT molecular complexity index is 917. The molecule has 30 heavy (non-hydrogen) atoms. The number of rotatable bonds is 5. The highest BCUT2D eigenvalue weighted by atomic mass is 32.1. The molecule has 0 atom stereocenters. The molecule has 4 saturated carbocycles. The van der Waals surface area contributed by atoms with E-state index in [0.717, 1.165) is 22.8 Å². The van der Waals surface area contributed by atoms with Gasteiger partial charge in [0.05, 0.1) is 10.7 Å². The molecule has 0 radical (unpaired) electrons. The van der Waals surface area contributed by atoms with Gasteiger partial charge in [-0.15, -0.1) is 11.3 Å². The minimum atomic E-state index is -0.275. The van der Waals surface area contributed by atoms with Gasteiger partial charge in [0, 0.05) is 12.8 Å². The van der Waals surface area contributed by atoms with Gasteiger partial charge < -0.3 is 0 Å². The first-order valence-corrected chi connectivity index (χ1v) is 11.9. The number of carbonyl (C=O) groups is 2. The zero-order chi connectivity index (χ0) is 20.7. The van der Waals surface area contributed by atoms with Crippen LogP contribution in [-0.2, 0) is 11.2 Å². The molecule has 2 amide bonds. The molecule has 4 fully saturated rings. The average molecular weight is 424 g/mol. The van der Waals surface area contributed by atoms with Crippen LogP contribution in [0.2, 0.25) is 0 Å². The Morgan fingerprint density at radius 2 is 1.67 bits per heavy atom. The van der Waals surface area contributed by atoms with Gasteiger partial charge in [0.2, 0.25) is 5.91 Å². The number of thiazole rings is 1. The molecule has 0 saturated heterocycles. The summed E-state index contributed by atoms with van der Waals surface area (Å²) in [5, 5.41) is 0.906. The van der Waals surface area contributed by atoms with Gasteiger partial charge in [0.1, 0.15) is 4.88 Å². The van der Waals surface area contributed by atoms with E-state index < -0.39 is 0 Å². The molecule has 2 N–H and O–H groups in total. The summed E-state index contributed by atoms with van der Waals surface area (Å²) in [5.74, 6) is 2.13. The fourth-order valence-corrected chi connectivity index (χ4v) is 7.58. The average Bonchev–Trinajstić information content (AvgIpc) is 3.05. The first kappa shape index (κ1) is 19.7. The molecule has 0 spiro atoms. The number of amides is 2. The first-order valence-electron chi connectivity index (χ1n) is 11.1. The highest BCUT2D eigenvalue weighted by molar-refractivity contribution is 7.13. The van der Waals surface area contributed by atoms with Crippen LogP contribution in [0.15, 0.2) is 30.3 Å². The lowest BCUT2D eigenvalue weighted by molar-refractivity contribution is -0.130. The van der Waals surface area contributed by atoms with Crippen molar-refractivity contribution in [3.05, 3.63) is 51.5 Å². The van der Waals surface area contributed by atoms with Crippen LogP contribution in [0.1, 0.15) is 70.9 Å². The van der Waals surface area contributed by atoms with Crippen LogP contribution in [0.25, 0.3) is 0 Å². The van der Waals surface area contributed by atoms with Crippen LogP contribution in [-0.4, -0.2) is 16.8 Å². The van der Waals surface area contributed by atoms with Gasteiger partial charge in [0.15, 0.2) is 0 Å². The van der Waals surface area contributed by atoms with E-state index in [1.54, 1.807) is 0 Å². The van der Waals surface area contributed by atoms with Crippen LogP contribution in [0.3, 0.4) is 0 Å². The van der Waals surface area contributed by atoms with Crippen molar-refractivity contribution in [3.63, 3.8) is 0 Å². The molecular weight excluding hydrogens is 394 g/mol. The summed E-state index contributed by atoms with van der Waals surface area (Å²) in [6.45, 7) is 1.84. The van der Waals surface area contributed by atoms with Crippen molar-refractivity contribution in [1.82, 2.24) is 15.8 Å². The van der Waals surface area contributed by atoms with Gasteiger partial charge in [-0.05, 0) is 74.2 Å². The van der Waals surface area contributed by atoms with Crippen molar-refractivity contribution >= 4 is 23.2 Å². The molecule has 4 aliphatic carbocycles. The molecule has 5 nitrogen and oxygen atoms in total. The van der Waals surface area contributed by atoms with E-state index >= 15 is 0 Å². The third-order valence-electron chi connectivity index (χ3n) is 7.26. The van der Waals surface area contributed by atoms with Crippen molar-refractivity contribution in [3.8, 4) is 0 Å². The Morgan fingerprint density at radius 3 is 2.30 bits per heavy atom. The normalized spacial score (nSPS) is 29.0. The van der Waals surface area contributed by atoms with E-state index in [9.17, 15) is 9.59 Å². The highest BCUT2D eigenvalue weighted by Crippen LogP contribution is 2.61. The molecule has 0 unspecified atom stereocenters. The summed E-state index contributed by atoms with van der Waals surface area (Å²) in [4.78, 5) is 30.4. The Morgan fingerprint density at radius 1 is 1.03 bits per heavy atom. The highest BCUT2D eigenvalue weighted by Gasteiger charge is 2.51. The Hall–Kier alpha value is -2.21. The smallest absolute Gasteiger partial charge is 0.273 e. The molecule has 1 heterocycles. The van der Waals surface area contributed by atoms with Crippen LogP contribution in [0.4, 0.5) is 0 Å². The molecule has 1 aromatic heterocycles. The zero-order valence-electron chi connectivity index (χ0n) is 17.4. The number of benzene rings is 1. The van der Waals surface area contributed by atoms with E-state index in [2.05, 4.69) is 28.0 Å². The number of hydrazine groups is 1. The maximum Gasteiger partial charge on any atom is 0.281 e. The van der Waals surface area contributed by atoms with Gasteiger partial charge in [-0.2, -0.15) is 0 Å². The second-order valence-corrected chi connectivity index (χ2v) is 10.9. The SMILES string of the molecule is Cc1nc(Cc2ccccc2)sc1C(=O)NNC(=O)CC12CC3CC(CC(C3)C1)C2. The van der Waals surface area contributed by atoms with E-state index in [0.29, 0.717) is 23.4 Å². The molecule has 4 bridgehead atoms. The first-order chi connectivity index (χ1) is 14.5. The summed E-state index contributed by atoms with van der Waals surface area (Å²) in [5.41, 5.74) is 7.36. The van der Waals surface area contributed by atoms with E-state index in [1.165, 1.54) is 55.4 Å². The lowest BCUT2D eigenvalue weighted by Crippen LogP contribution is -2.50. The van der Waals surface area contributed by atoms with E-state index in [1.807, 2.05) is 25.1 Å². The predicted molar refractivity (Wildman–Crippen MR) is 117 cm³/mol. The third kappa shape index (κ3) is 4.02. The lowest BCUT2D eigenvalue weighted by atomic mass is 9.49. The van der Waals surface area contributed by atoms with Crippen molar-refractivity contribution in [2.24, 2.45) is 23.2 Å². The zero-order valence-corrected chi connectivity index (χ0v) is 18.3. The van der Waals surface area contributed by atoms with Gasteiger partial charge in [-0.25, -0.2) is 4.98 Å². The summed E-state index contributed by atoms with van der Waals surface area (Å²) >= 11 is 1.39. The van der Waals surface area contributed by atoms with Crippen LogP contribution < -0.4 is 10.9 Å². The predicted octanol–water partition coefficient (Wildman–Crippen LogP) is 4.41. The maximum atomic E-state index is 12.7. The van der Waals surface area contributed by atoms with Gasteiger partial charge in [-0.3, -0.25) is 20.4 Å². The van der Waals surface area contributed by atoms with Crippen molar-refractivity contribution in [2.75, 3.05) is 0 Å². The van der Waals surface area contributed by atoms with Crippen molar-refractivity contribution in [2.45, 2.75) is 58.3 Å². The summed E-state index contributed by atoms with van der Waals surface area (Å²) in [6.07, 6.45) is 8.93. The van der Waals surface area contributed by atoms with Gasteiger partial charge in [0.25, 0.3) is 5.91 Å². The number of nitrogens with one attached hydrogen (secondary N) is 2. The number of carbonyl (C=O) groups excluding carboxylic acids is 2. The number of hydrogen-bond donors (Lipinski definition) is 2. The third-order valence-corrected chi connectivity index (χ3v) is 8.42. The molecule has 6 rings (SSSR count). The molecule has 1 aromatic carbocycles. The van der Waals surface area contributed by atoms with Crippen molar-refractivity contribution < 1.29 is 9.59 Å². The second-order valence-electron chi connectivity index (χ2n) is 9.78. The quantitative estimate of drug-likeness (QED) is 0.700. The van der Waals surface area contributed by atoms with E-state index in [4.69, 9.17) is 0 Å². The molecule has 6 heteroatoms. The van der Waals surface area contributed by atoms with Gasteiger partial charge in [-0.1, -0.05) is 30.3 Å². The number of aryl methyl sites for hydroxylation is 1. The monoisotopic (exact) mass is 423 g/mol. The Kier molecular flexibility index (Phi) is 5.13. The molecular formula is C24H29N3O2S. The fourth-order valence-electron chi connectivity index (χ4n) is 6.58. The molecule has 0 aliphatic heterocycles. The standard InChI is InChI=1S/C24H29N3O2S/c1-15-22(30-21(25-15)10-16-5-3-2-4-6-16)23(29)27-26-20(28)14-24-11-17-7-18(12-24)9-19(8-17)13-24/h2-6,17-19H,7-14H2,1H3,(H,26,28)(H,27,29). The van der Waals surface area contributed by atoms with Crippen LogP contribution in [0, 0.1) is 30.1 Å². The van der Waals surface area contributed by atoms with E-state index in [-0.39, 0.29) is 17.2 Å². The lowest BCUT2D eigenvalue weighted by Gasteiger charge is -2.56. The van der Waals surface area contributed by atoms with Crippen LogP contribution in [0.5, 0.6) is 0 Å². The summed E-state index contributed by atoms with van der Waals surface area (Å²) < 4.78 is 0.